The molecule has 0 saturated heterocycles. The monoisotopic (exact) mass is 552 g/mol. The van der Waals surface area contributed by atoms with Crippen molar-refractivity contribution < 1.29 is 32.9 Å². The number of hydrogen-bond acceptors (Lipinski definition) is 11. The predicted octanol–water partition coefficient (Wildman–Crippen LogP) is 3.32. The first kappa shape index (κ1) is 28.7. The van der Waals surface area contributed by atoms with Crippen LogP contribution in [-0.4, -0.2) is 64.4 Å². The van der Waals surface area contributed by atoms with Gasteiger partial charge in [0, 0.05) is 19.2 Å². The summed E-state index contributed by atoms with van der Waals surface area (Å²) in [6.07, 6.45) is 1.62. The lowest BCUT2D eigenvalue weighted by Crippen LogP contribution is -2.27. The molecule has 1 aromatic carbocycles. The lowest BCUT2D eigenvalue weighted by atomic mass is 10.2. The molecule has 3 aromatic heterocycles. The summed E-state index contributed by atoms with van der Waals surface area (Å²) in [6.45, 7) is 6.90. The fourth-order valence-electron chi connectivity index (χ4n) is 3.43. The summed E-state index contributed by atoms with van der Waals surface area (Å²) in [7, 11) is 1.57. The maximum Gasteiger partial charge on any atom is 0.332 e. The maximum absolute atomic E-state index is 11.6. The second-order valence-electron chi connectivity index (χ2n) is 9.70. The lowest BCUT2D eigenvalue weighted by molar-refractivity contribution is -0.160. The molecule has 12 heteroatoms. The normalized spacial score (nSPS) is 11.5. The Morgan fingerprint density at radius 2 is 1.73 bits per heavy atom. The van der Waals surface area contributed by atoms with Crippen molar-refractivity contribution in [3.05, 3.63) is 64.7 Å². The molecule has 0 aliphatic heterocycles. The van der Waals surface area contributed by atoms with Crippen molar-refractivity contribution in [2.75, 3.05) is 33.0 Å². The van der Waals surface area contributed by atoms with Gasteiger partial charge in [-0.2, -0.15) is 5.10 Å². The summed E-state index contributed by atoms with van der Waals surface area (Å²) in [5.74, 6) is 1.13. The van der Waals surface area contributed by atoms with E-state index in [0.29, 0.717) is 54.0 Å². The van der Waals surface area contributed by atoms with E-state index in [1.807, 2.05) is 12.1 Å². The molecule has 4 aromatic rings. The Morgan fingerprint density at radius 3 is 2.48 bits per heavy atom. The van der Waals surface area contributed by atoms with E-state index in [-0.39, 0.29) is 25.4 Å². The zero-order valence-electron chi connectivity index (χ0n) is 22.9. The molecule has 0 N–H and O–H groups in total. The molecule has 0 saturated carbocycles. The average molecular weight is 553 g/mol. The molecule has 0 bridgehead atoms. The molecule has 0 unspecified atom stereocenters. The van der Waals surface area contributed by atoms with E-state index in [9.17, 15) is 9.59 Å². The Hall–Kier alpha value is -4.29. The highest BCUT2D eigenvalue weighted by molar-refractivity contribution is 5.77. The van der Waals surface area contributed by atoms with Gasteiger partial charge in [-0.3, -0.25) is 9.78 Å². The number of esters is 1. The van der Waals surface area contributed by atoms with Crippen LogP contribution in [0.4, 0.5) is 0 Å². The SMILES string of the molecule is Cn1nc(-c2nc3cc(OCc4ccc(OCCOCCOCC(=O)OC(C)(C)C)cn4)ccc3o2)ccc1=O. The Labute approximate surface area is 230 Å². The van der Waals surface area contributed by atoms with Crippen molar-refractivity contribution in [3.63, 3.8) is 0 Å². The number of hydrogen-bond donors (Lipinski definition) is 0. The molecule has 3 heterocycles. The Kier molecular flexibility index (Phi) is 9.46. The van der Waals surface area contributed by atoms with Crippen molar-refractivity contribution in [3.8, 4) is 23.1 Å². The standard InChI is InChI=1S/C28H32N4O8/c1-28(2,3)40-26(34)18-36-12-11-35-13-14-37-21-6-5-19(29-16-21)17-38-20-7-9-24-23(15-20)30-27(39-24)22-8-10-25(33)32(4)31-22/h5-10,15-16H,11-14,17-18H2,1-4H3. The van der Waals surface area contributed by atoms with Crippen molar-refractivity contribution in [2.24, 2.45) is 7.05 Å². The highest BCUT2D eigenvalue weighted by atomic mass is 16.6. The molecular weight excluding hydrogens is 520 g/mol. The Balaban J connectivity index is 1.16. The number of pyridine rings is 1. The van der Waals surface area contributed by atoms with E-state index < -0.39 is 11.6 Å². The summed E-state index contributed by atoms with van der Waals surface area (Å²) in [6, 6.07) is 11.9. The first-order valence-corrected chi connectivity index (χ1v) is 12.7. The van der Waals surface area contributed by atoms with Gasteiger partial charge in [0.05, 0.1) is 31.7 Å². The summed E-state index contributed by atoms with van der Waals surface area (Å²) in [5.41, 5.74) is 1.63. The number of aryl methyl sites for hydroxylation is 1. The van der Waals surface area contributed by atoms with Crippen LogP contribution in [0.1, 0.15) is 26.5 Å². The van der Waals surface area contributed by atoms with E-state index in [4.69, 9.17) is 28.1 Å². The van der Waals surface area contributed by atoms with Crippen molar-refractivity contribution >= 4 is 17.1 Å². The van der Waals surface area contributed by atoms with Crippen LogP contribution in [0.5, 0.6) is 11.5 Å². The van der Waals surface area contributed by atoms with Crippen LogP contribution in [-0.2, 0) is 32.7 Å². The van der Waals surface area contributed by atoms with Gasteiger partial charge in [0.15, 0.2) is 5.58 Å². The van der Waals surface area contributed by atoms with Crippen molar-refractivity contribution in [2.45, 2.75) is 33.0 Å². The Morgan fingerprint density at radius 1 is 0.950 bits per heavy atom. The van der Waals surface area contributed by atoms with Gasteiger partial charge in [-0.15, -0.1) is 0 Å². The van der Waals surface area contributed by atoms with E-state index in [1.165, 1.54) is 10.7 Å². The maximum atomic E-state index is 11.6. The number of benzene rings is 1. The molecule has 0 fully saturated rings. The number of nitrogens with zero attached hydrogens (tertiary/aromatic N) is 4. The number of ether oxygens (including phenoxy) is 5. The van der Waals surface area contributed by atoms with E-state index >= 15 is 0 Å². The average Bonchev–Trinajstić information content (AvgIpc) is 3.34. The summed E-state index contributed by atoms with van der Waals surface area (Å²) < 4.78 is 34.3. The second kappa shape index (κ2) is 13.2. The van der Waals surface area contributed by atoms with Crippen LogP contribution in [0.2, 0.25) is 0 Å². The first-order valence-electron chi connectivity index (χ1n) is 12.7. The van der Waals surface area contributed by atoms with Gasteiger partial charge in [-0.25, -0.2) is 14.5 Å². The van der Waals surface area contributed by atoms with Gasteiger partial charge in [0.2, 0.25) is 5.89 Å². The molecule has 0 aliphatic rings. The summed E-state index contributed by atoms with van der Waals surface area (Å²) in [4.78, 5) is 32.0. The highest BCUT2D eigenvalue weighted by Gasteiger charge is 2.16. The third-order valence-electron chi connectivity index (χ3n) is 5.23. The zero-order chi connectivity index (χ0) is 28.5. The molecule has 0 spiro atoms. The fourth-order valence-corrected chi connectivity index (χ4v) is 3.43. The number of carbonyl (C=O) groups is 1. The van der Waals surface area contributed by atoms with Gasteiger partial charge in [-0.05, 0) is 51.1 Å². The second-order valence-corrected chi connectivity index (χ2v) is 9.70. The lowest BCUT2D eigenvalue weighted by Gasteiger charge is -2.19. The van der Waals surface area contributed by atoms with Crippen LogP contribution in [0.3, 0.4) is 0 Å². The summed E-state index contributed by atoms with van der Waals surface area (Å²) in [5, 5.41) is 4.17. The zero-order valence-corrected chi connectivity index (χ0v) is 22.9. The number of oxazole rings is 1. The van der Waals surface area contributed by atoms with Crippen molar-refractivity contribution in [1.82, 2.24) is 19.7 Å². The van der Waals surface area contributed by atoms with Gasteiger partial charge in [-0.1, -0.05) is 0 Å². The molecule has 0 atom stereocenters. The molecule has 0 amide bonds. The van der Waals surface area contributed by atoms with E-state index in [1.54, 1.807) is 58.3 Å². The quantitative estimate of drug-likeness (QED) is 0.178. The molecule has 12 nitrogen and oxygen atoms in total. The number of fused-ring (bicyclic) bond motifs is 1. The van der Waals surface area contributed by atoms with Gasteiger partial charge in [0.25, 0.3) is 5.56 Å². The topological polar surface area (TPSA) is 137 Å². The minimum Gasteiger partial charge on any atom is -0.490 e. The third-order valence-corrected chi connectivity index (χ3v) is 5.23. The fraction of sp³-hybridized carbons (Fsp3) is 0.393. The van der Waals surface area contributed by atoms with Crippen LogP contribution >= 0.6 is 0 Å². The molecular formula is C28H32N4O8. The number of rotatable bonds is 13. The minimum absolute atomic E-state index is 0.106. The van der Waals surface area contributed by atoms with Gasteiger partial charge in [0.1, 0.15) is 48.1 Å². The molecule has 0 radical (unpaired) electrons. The smallest absolute Gasteiger partial charge is 0.332 e. The van der Waals surface area contributed by atoms with Crippen LogP contribution in [0.25, 0.3) is 22.7 Å². The van der Waals surface area contributed by atoms with Crippen LogP contribution in [0, 0.1) is 0 Å². The van der Waals surface area contributed by atoms with Gasteiger partial charge < -0.3 is 28.1 Å². The third kappa shape index (κ3) is 8.61. The van der Waals surface area contributed by atoms with Gasteiger partial charge >= 0.3 is 5.97 Å². The molecule has 4 rings (SSSR count). The molecule has 212 valence electrons. The van der Waals surface area contributed by atoms with E-state index in [0.717, 1.165) is 5.69 Å². The minimum atomic E-state index is -0.529. The number of carbonyl (C=O) groups excluding carboxylic acids is 1. The predicted molar refractivity (Wildman–Crippen MR) is 144 cm³/mol. The van der Waals surface area contributed by atoms with Crippen molar-refractivity contribution in [1.29, 1.82) is 0 Å². The van der Waals surface area contributed by atoms with E-state index in [2.05, 4.69) is 15.1 Å². The highest BCUT2D eigenvalue weighted by Crippen LogP contribution is 2.26. The Bertz CT molecular complexity index is 1470. The first-order chi connectivity index (χ1) is 19.2. The van der Waals surface area contributed by atoms with Crippen LogP contribution in [0.15, 0.2) is 57.9 Å². The molecule has 0 aliphatic carbocycles. The molecule has 40 heavy (non-hydrogen) atoms. The van der Waals surface area contributed by atoms with Crippen LogP contribution < -0.4 is 15.0 Å². The largest absolute Gasteiger partial charge is 0.490 e. The number of aromatic nitrogens is 4. The summed E-state index contributed by atoms with van der Waals surface area (Å²) >= 11 is 0.